The third-order valence-corrected chi connectivity index (χ3v) is 13.7. The number of aliphatic carboxylic acids is 2. The van der Waals surface area contributed by atoms with Crippen LogP contribution in [0.3, 0.4) is 0 Å². The molecule has 4 aromatic rings. The van der Waals surface area contributed by atoms with Crippen LogP contribution >= 0.6 is 11.6 Å². The fourth-order valence-corrected chi connectivity index (χ4v) is 9.64. The normalized spacial score (nSPS) is 19.9. The molecule has 0 spiro atoms. The van der Waals surface area contributed by atoms with Crippen molar-refractivity contribution in [1.82, 2.24) is 4.90 Å². The molecule has 0 aromatic heterocycles. The summed E-state index contributed by atoms with van der Waals surface area (Å²) in [4.78, 5) is 36.3. The fraction of sp³-hybridized carbons (Fsp3) is 0.446. The van der Waals surface area contributed by atoms with E-state index in [2.05, 4.69) is 42.2 Å². The molecule has 8 atom stereocenters. The van der Waals surface area contributed by atoms with Gasteiger partial charge in [0.25, 0.3) is 0 Å². The number of carbonyl (C=O) groups is 3. The van der Waals surface area contributed by atoms with E-state index in [4.69, 9.17) is 31.3 Å². The molecule has 0 saturated heterocycles. The average Bonchev–Trinajstić information content (AvgIpc) is 3.32. The van der Waals surface area contributed by atoms with E-state index in [-0.39, 0.29) is 66.4 Å². The lowest BCUT2D eigenvalue weighted by molar-refractivity contribution is -0.159. The maximum Gasteiger partial charge on any atom is 0.417 e. The van der Waals surface area contributed by atoms with Gasteiger partial charge >= 0.3 is 24.1 Å². The molecule has 2 aliphatic carbocycles. The molecule has 0 bridgehead atoms. The number of aliphatic hydroxyl groups is 3. The summed E-state index contributed by atoms with van der Waals surface area (Å²) < 4.78 is 52.5. The number of benzene rings is 4. The molecule has 384 valence electrons. The lowest BCUT2D eigenvalue weighted by Gasteiger charge is -2.43. The average molecular weight is 1010 g/mol. The van der Waals surface area contributed by atoms with E-state index in [1.165, 1.54) is 6.07 Å². The fourth-order valence-electron chi connectivity index (χ4n) is 9.35. The number of hydrogen-bond donors (Lipinski definition) is 5. The molecule has 2 aliphatic rings. The van der Waals surface area contributed by atoms with Gasteiger partial charge in [0.1, 0.15) is 11.9 Å². The Hall–Kier alpha value is -5.51. The highest BCUT2D eigenvalue weighted by Crippen LogP contribution is 2.44. The summed E-state index contributed by atoms with van der Waals surface area (Å²) in [5, 5.41) is 47.8. The second kappa shape index (κ2) is 27.4. The number of esters is 1. The van der Waals surface area contributed by atoms with Crippen molar-refractivity contribution in [1.29, 1.82) is 0 Å². The number of ether oxygens (including phenoxy) is 2. The number of allylic oxidation sites excluding steroid dienone is 2. The maximum absolute atomic E-state index is 13.6. The first-order valence-corrected chi connectivity index (χ1v) is 24.7. The number of nitrogens with zero attached hydrogens (tertiary/aromatic N) is 1. The first-order chi connectivity index (χ1) is 33.8. The molecular formula is C56H67ClF3NO10. The zero-order valence-corrected chi connectivity index (χ0v) is 41.2. The Balaban J connectivity index is 0.000000278. The van der Waals surface area contributed by atoms with Crippen LogP contribution in [0.15, 0.2) is 127 Å². The highest BCUT2D eigenvalue weighted by atomic mass is 35.5. The van der Waals surface area contributed by atoms with Crippen molar-refractivity contribution in [2.45, 2.75) is 115 Å². The van der Waals surface area contributed by atoms with Crippen LogP contribution in [0.5, 0.6) is 5.75 Å². The molecule has 0 fully saturated rings. The molecular weight excluding hydrogens is 939 g/mol. The summed E-state index contributed by atoms with van der Waals surface area (Å²) in [5.74, 6) is -1.67. The molecule has 0 amide bonds. The van der Waals surface area contributed by atoms with Crippen molar-refractivity contribution >= 4 is 29.5 Å². The summed E-state index contributed by atoms with van der Waals surface area (Å²) in [6.45, 7) is 7.52. The van der Waals surface area contributed by atoms with Crippen molar-refractivity contribution in [3.05, 3.63) is 160 Å². The van der Waals surface area contributed by atoms with E-state index in [1.54, 1.807) is 30.3 Å². The molecule has 0 aliphatic heterocycles. The number of halogens is 4. The Morgan fingerprint density at radius 3 is 2.17 bits per heavy atom. The molecule has 0 heterocycles. The largest absolute Gasteiger partial charge is 0.494 e. The van der Waals surface area contributed by atoms with Crippen LogP contribution in [0.2, 0.25) is 5.02 Å². The second-order valence-corrected chi connectivity index (χ2v) is 19.1. The van der Waals surface area contributed by atoms with Crippen molar-refractivity contribution in [3.8, 4) is 5.75 Å². The maximum atomic E-state index is 13.6. The van der Waals surface area contributed by atoms with Crippen LogP contribution in [-0.2, 0) is 38.3 Å². The third-order valence-electron chi connectivity index (χ3n) is 13.2. The van der Waals surface area contributed by atoms with Gasteiger partial charge in [-0.1, -0.05) is 136 Å². The molecule has 0 saturated carbocycles. The van der Waals surface area contributed by atoms with Crippen LogP contribution in [0.1, 0.15) is 99.5 Å². The van der Waals surface area contributed by atoms with Crippen LogP contribution in [0, 0.1) is 23.7 Å². The molecule has 6 rings (SSSR count). The summed E-state index contributed by atoms with van der Waals surface area (Å²) in [6.07, 6.45) is 0.593. The van der Waals surface area contributed by atoms with Gasteiger partial charge in [-0.25, -0.2) is 0 Å². The second-order valence-electron chi connectivity index (χ2n) is 18.7. The van der Waals surface area contributed by atoms with Crippen LogP contribution < -0.4 is 4.74 Å². The Bertz CT molecular complexity index is 2340. The molecule has 5 N–H and O–H groups in total. The van der Waals surface area contributed by atoms with Gasteiger partial charge in [0.2, 0.25) is 0 Å². The minimum absolute atomic E-state index is 0.0156. The van der Waals surface area contributed by atoms with Gasteiger partial charge in [-0.2, -0.15) is 13.2 Å². The topological polar surface area (TPSA) is 174 Å². The van der Waals surface area contributed by atoms with Gasteiger partial charge in [-0.05, 0) is 90.0 Å². The summed E-state index contributed by atoms with van der Waals surface area (Å²) in [7, 11) is 0. The Morgan fingerprint density at radius 1 is 0.887 bits per heavy atom. The minimum Gasteiger partial charge on any atom is -0.494 e. The highest BCUT2D eigenvalue weighted by Gasteiger charge is 2.42. The Morgan fingerprint density at radius 2 is 1.55 bits per heavy atom. The predicted molar refractivity (Wildman–Crippen MR) is 266 cm³/mol. The molecule has 0 unspecified atom stereocenters. The third kappa shape index (κ3) is 17.6. The van der Waals surface area contributed by atoms with Gasteiger partial charge in [0.05, 0.1) is 54.3 Å². The van der Waals surface area contributed by atoms with Crippen molar-refractivity contribution in [2.75, 3.05) is 19.7 Å². The summed E-state index contributed by atoms with van der Waals surface area (Å²) >= 11 is 6.29. The number of aliphatic hydroxyl groups excluding tert-OH is 3. The quantitative estimate of drug-likeness (QED) is 0.0353. The lowest BCUT2D eigenvalue weighted by atomic mass is 9.66. The number of carboxylic acid groups (broad SMARTS) is 2. The molecule has 0 radical (unpaired) electrons. The van der Waals surface area contributed by atoms with Gasteiger partial charge in [-0.3, -0.25) is 19.3 Å². The van der Waals surface area contributed by atoms with E-state index in [1.807, 2.05) is 62.4 Å². The highest BCUT2D eigenvalue weighted by molar-refractivity contribution is 6.32. The molecule has 71 heavy (non-hydrogen) atoms. The molecule has 11 nitrogen and oxygen atoms in total. The SMILES string of the molecule is CC[C@H](C)C(=O)O[C@H]1C[C@H](O)C=C2C=C[C@H](C)[C@H](CC[C@@H](O)C[C@@H](O)CC(=O)O)[C@H]21.O=C(O)Cc1cccc(OCCCN(Cc2cccc(C(F)(F)F)c2Cl)CC(c2ccccc2)c2ccccc2)c1. The summed E-state index contributed by atoms with van der Waals surface area (Å²) in [5.41, 5.74) is 3.37. The van der Waals surface area contributed by atoms with Crippen LogP contribution in [-0.4, -0.2) is 92.5 Å². The number of rotatable bonds is 23. The van der Waals surface area contributed by atoms with Gasteiger partial charge < -0.3 is 35.0 Å². The zero-order chi connectivity index (χ0) is 51.7. The lowest BCUT2D eigenvalue weighted by Crippen LogP contribution is -2.43. The Kier molecular flexibility index (Phi) is 21.7. The van der Waals surface area contributed by atoms with E-state index < -0.39 is 48.1 Å². The van der Waals surface area contributed by atoms with E-state index in [0.29, 0.717) is 68.7 Å². The number of carboxylic acids is 2. The van der Waals surface area contributed by atoms with Gasteiger partial charge in [0, 0.05) is 37.9 Å². The number of alkyl halides is 3. The van der Waals surface area contributed by atoms with Gasteiger partial charge in [0.15, 0.2) is 0 Å². The molecule has 4 aromatic carbocycles. The van der Waals surface area contributed by atoms with Gasteiger partial charge in [-0.15, -0.1) is 0 Å². The van der Waals surface area contributed by atoms with Crippen molar-refractivity contribution < 1.29 is 62.6 Å². The minimum atomic E-state index is -4.54. The first kappa shape index (κ1) is 56.4. The Labute approximate surface area is 419 Å². The first-order valence-electron chi connectivity index (χ1n) is 24.3. The van der Waals surface area contributed by atoms with E-state index >= 15 is 0 Å². The van der Waals surface area contributed by atoms with E-state index in [9.17, 15) is 42.9 Å². The monoisotopic (exact) mass is 1010 g/mol. The number of hydrogen-bond acceptors (Lipinski definition) is 9. The number of fused-ring (bicyclic) bond motifs is 1. The zero-order valence-electron chi connectivity index (χ0n) is 40.5. The summed E-state index contributed by atoms with van der Waals surface area (Å²) in [6, 6.07) is 31.0. The van der Waals surface area contributed by atoms with E-state index in [0.717, 1.165) is 22.8 Å². The van der Waals surface area contributed by atoms with Crippen molar-refractivity contribution in [3.63, 3.8) is 0 Å². The van der Waals surface area contributed by atoms with Crippen LogP contribution in [0.25, 0.3) is 0 Å². The molecule has 15 heteroatoms. The van der Waals surface area contributed by atoms with Crippen molar-refractivity contribution in [2.24, 2.45) is 23.7 Å². The number of carbonyl (C=O) groups excluding carboxylic acids is 1. The smallest absolute Gasteiger partial charge is 0.417 e. The van der Waals surface area contributed by atoms with Crippen LogP contribution in [0.4, 0.5) is 13.2 Å². The standard InChI is InChI=1S/C33H31ClF3NO3.C23H36O7/c34-32-27(15-8-17-30(32)33(35,36)37)22-38(18-9-19-41-28-16-7-10-24(20-28)21-31(39)40)23-29(25-11-3-1-4-12-25)26-13-5-2-6-14-26;1-4-13(2)23(29)30-20-11-17(25)9-15-6-5-14(3)19(22(15)20)8-7-16(24)10-18(26)12-21(27)28/h1-8,10-17,20,29H,9,18-19,21-23H2,(H,39,40);5-6,9,13-14,16-20,22,24-26H,4,7-8,10-12H2,1-3H3,(H,27,28)/t;13-,14-,16+,17+,18+,19-,20-,22-/m.0/s1. The predicted octanol–water partition coefficient (Wildman–Crippen LogP) is 10.5.